The second-order valence-corrected chi connectivity index (χ2v) is 3.84. The quantitative estimate of drug-likeness (QED) is 0.791. The van der Waals surface area contributed by atoms with Crippen molar-refractivity contribution < 1.29 is 4.39 Å². The molecule has 0 atom stereocenters. The van der Waals surface area contributed by atoms with Crippen molar-refractivity contribution in [3.05, 3.63) is 42.5 Å². The van der Waals surface area contributed by atoms with E-state index < -0.39 is 0 Å². The summed E-state index contributed by atoms with van der Waals surface area (Å²) in [4.78, 5) is 8.45. The minimum Gasteiger partial charge on any atom is -0.396 e. The molecule has 0 saturated carbocycles. The number of nitrogens with two attached hydrogens (primary N) is 1. The normalized spacial score (nSPS) is 10.2. The van der Waals surface area contributed by atoms with Gasteiger partial charge in [0, 0.05) is 0 Å². The van der Waals surface area contributed by atoms with E-state index in [4.69, 9.17) is 5.73 Å². The van der Waals surface area contributed by atoms with E-state index in [1.165, 1.54) is 30.2 Å². The van der Waals surface area contributed by atoms with E-state index >= 15 is 0 Å². The van der Waals surface area contributed by atoms with E-state index in [0.29, 0.717) is 15.7 Å². The van der Waals surface area contributed by atoms with Crippen LogP contribution in [0.3, 0.4) is 0 Å². The van der Waals surface area contributed by atoms with Crippen molar-refractivity contribution in [1.29, 1.82) is 0 Å². The van der Waals surface area contributed by atoms with Crippen molar-refractivity contribution in [2.45, 2.75) is 10.1 Å². The van der Waals surface area contributed by atoms with Gasteiger partial charge in [-0.25, -0.2) is 14.4 Å². The Hall–Kier alpha value is -1.62. The Balaban J connectivity index is 2.22. The molecule has 0 aliphatic heterocycles. The largest absolute Gasteiger partial charge is 0.396 e. The molecular weight excluding hydrogens is 213 g/mol. The van der Waals surface area contributed by atoms with E-state index in [1.807, 2.05) is 0 Å². The number of rotatable bonds is 2. The molecule has 0 fully saturated rings. The van der Waals surface area contributed by atoms with Crippen LogP contribution in [0.15, 0.2) is 46.7 Å². The van der Waals surface area contributed by atoms with Crippen LogP contribution in [-0.4, -0.2) is 9.97 Å². The van der Waals surface area contributed by atoms with Crippen molar-refractivity contribution in [3.8, 4) is 0 Å². The molecule has 5 heteroatoms. The van der Waals surface area contributed by atoms with E-state index in [0.717, 1.165) is 0 Å². The maximum Gasteiger partial charge on any atom is 0.192 e. The van der Waals surface area contributed by atoms with Gasteiger partial charge in [0.15, 0.2) is 5.16 Å². The summed E-state index contributed by atoms with van der Waals surface area (Å²) in [5, 5.41) is 0.481. The van der Waals surface area contributed by atoms with Gasteiger partial charge in [-0.15, -0.1) is 0 Å². The Morgan fingerprint density at radius 2 is 1.80 bits per heavy atom. The Kier molecular flexibility index (Phi) is 2.82. The van der Waals surface area contributed by atoms with Gasteiger partial charge in [0.25, 0.3) is 0 Å². The molecule has 0 aliphatic rings. The molecule has 76 valence electrons. The van der Waals surface area contributed by atoms with Gasteiger partial charge in [0.2, 0.25) is 0 Å². The smallest absolute Gasteiger partial charge is 0.192 e. The van der Waals surface area contributed by atoms with Gasteiger partial charge in [-0.2, -0.15) is 0 Å². The molecule has 2 aromatic rings. The van der Waals surface area contributed by atoms with Gasteiger partial charge in [-0.3, -0.25) is 0 Å². The second kappa shape index (κ2) is 4.27. The van der Waals surface area contributed by atoms with Crippen LogP contribution in [-0.2, 0) is 0 Å². The van der Waals surface area contributed by atoms with Gasteiger partial charge in [0.05, 0.1) is 23.0 Å². The van der Waals surface area contributed by atoms with Crippen LogP contribution in [0.4, 0.5) is 10.1 Å². The maximum absolute atomic E-state index is 13.3. The van der Waals surface area contributed by atoms with Gasteiger partial charge in [0.1, 0.15) is 5.82 Å². The molecule has 0 radical (unpaired) electrons. The Labute approximate surface area is 90.6 Å². The fraction of sp³-hybridized carbons (Fsp3) is 0. The third-order valence-electron chi connectivity index (χ3n) is 1.69. The fourth-order valence-corrected chi connectivity index (χ4v) is 1.72. The predicted octanol–water partition coefficient (Wildman–Crippen LogP) is 2.35. The lowest BCUT2D eigenvalue weighted by atomic mass is 10.4. The highest BCUT2D eigenvalue weighted by molar-refractivity contribution is 7.99. The Morgan fingerprint density at radius 1 is 1.13 bits per heavy atom. The lowest BCUT2D eigenvalue weighted by molar-refractivity contribution is 0.601. The fourth-order valence-electron chi connectivity index (χ4n) is 1.00. The SMILES string of the molecule is Nc1cnc(Sc2ccccc2F)nc1. The summed E-state index contributed by atoms with van der Waals surface area (Å²) >= 11 is 1.17. The van der Waals surface area contributed by atoms with Crippen LogP contribution >= 0.6 is 11.8 Å². The second-order valence-electron chi connectivity index (χ2n) is 2.83. The van der Waals surface area contributed by atoms with Crippen LogP contribution < -0.4 is 5.73 Å². The maximum atomic E-state index is 13.3. The molecule has 2 rings (SSSR count). The standard InChI is InChI=1S/C10H8FN3S/c11-8-3-1-2-4-9(8)15-10-13-5-7(12)6-14-10/h1-6H,12H2. The van der Waals surface area contributed by atoms with Crippen LogP contribution in [0.2, 0.25) is 0 Å². The average Bonchev–Trinajstić information content (AvgIpc) is 2.25. The Morgan fingerprint density at radius 3 is 2.47 bits per heavy atom. The van der Waals surface area contributed by atoms with Gasteiger partial charge < -0.3 is 5.73 Å². The molecular formula is C10H8FN3S. The number of halogens is 1. The van der Waals surface area contributed by atoms with Crippen LogP contribution in [0.25, 0.3) is 0 Å². The summed E-state index contributed by atoms with van der Waals surface area (Å²) in [5.74, 6) is -0.275. The molecule has 1 aromatic heterocycles. The molecule has 0 saturated heterocycles. The van der Waals surface area contributed by atoms with E-state index in [-0.39, 0.29) is 5.82 Å². The zero-order chi connectivity index (χ0) is 10.7. The highest BCUT2D eigenvalue weighted by Crippen LogP contribution is 2.26. The summed E-state index contributed by atoms with van der Waals surface area (Å²) in [7, 11) is 0. The molecule has 0 aliphatic carbocycles. The summed E-state index contributed by atoms with van der Waals surface area (Å²) in [6.45, 7) is 0. The van der Waals surface area contributed by atoms with Crippen molar-refractivity contribution in [2.75, 3.05) is 5.73 Å². The third-order valence-corrected chi connectivity index (χ3v) is 2.63. The van der Waals surface area contributed by atoms with Crippen molar-refractivity contribution in [1.82, 2.24) is 9.97 Å². The summed E-state index contributed by atoms with van der Waals surface area (Å²) in [6.07, 6.45) is 2.99. The lowest BCUT2D eigenvalue weighted by Crippen LogP contribution is -1.91. The predicted molar refractivity (Wildman–Crippen MR) is 57.0 cm³/mol. The van der Waals surface area contributed by atoms with Gasteiger partial charge in [-0.05, 0) is 23.9 Å². The van der Waals surface area contributed by atoms with E-state index in [9.17, 15) is 4.39 Å². The zero-order valence-corrected chi connectivity index (χ0v) is 8.54. The Bertz CT molecular complexity index is 458. The molecule has 1 heterocycles. The zero-order valence-electron chi connectivity index (χ0n) is 7.72. The molecule has 0 spiro atoms. The summed E-state index contributed by atoms with van der Waals surface area (Å²) < 4.78 is 13.3. The molecule has 0 bridgehead atoms. The first-order valence-corrected chi connectivity index (χ1v) is 5.07. The number of hydrogen-bond donors (Lipinski definition) is 1. The van der Waals surface area contributed by atoms with Crippen LogP contribution in [0.1, 0.15) is 0 Å². The molecule has 0 unspecified atom stereocenters. The first-order chi connectivity index (χ1) is 7.25. The average molecular weight is 221 g/mol. The lowest BCUT2D eigenvalue weighted by Gasteiger charge is -2.00. The number of benzene rings is 1. The molecule has 1 aromatic carbocycles. The number of nitrogen functional groups attached to an aromatic ring is 1. The van der Waals surface area contributed by atoms with E-state index in [2.05, 4.69) is 9.97 Å². The highest BCUT2D eigenvalue weighted by Gasteiger charge is 2.04. The summed E-state index contributed by atoms with van der Waals surface area (Å²) in [6, 6.07) is 6.49. The first-order valence-electron chi connectivity index (χ1n) is 4.25. The highest BCUT2D eigenvalue weighted by atomic mass is 32.2. The summed E-state index contributed by atoms with van der Waals surface area (Å²) in [5.41, 5.74) is 5.94. The minimum atomic E-state index is -0.275. The number of aromatic nitrogens is 2. The topological polar surface area (TPSA) is 51.8 Å². The molecule has 15 heavy (non-hydrogen) atoms. The van der Waals surface area contributed by atoms with Crippen molar-refractivity contribution >= 4 is 17.4 Å². The minimum absolute atomic E-state index is 0.275. The monoisotopic (exact) mass is 221 g/mol. The third kappa shape index (κ3) is 2.44. The van der Waals surface area contributed by atoms with Crippen LogP contribution in [0, 0.1) is 5.82 Å². The van der Waals surface area contributed by atoms with Gasteiger partial charge >= 0.3 is 0 Å². The number of anilines is 1. The first kappa shape index (κ1) is 9.92. The van der Waals surface area contributed by atoms with Crippen molar-refractivity contribution in [3.63, 3.8) is 0 Å². The molecule has 2 N–H and O–H groups in total. The molecule has 0 amide bonds. The van der Waals surface area contributed by atoms with E-state index in [1.54, 1.807) is 18.2 Å². The number of nitrogens with zero attached hydrogens (tertiary/aromatic N) is 2. The number of hydrogen-bond acceptors (Lipinski definition) is 4. The van der Waals surface area contributed by atoms with Gasteiger partial charge in [-0.1, -0.05) is 12.1 Å². The van der Waals surface area contributed by atoms with Crippen molar-refractivity contribution in [2.24, 2.45) is 0 Å². The molecule has 3 nitrogen and oxygen atoms in total. The van der Waals surface area contributed by atoms with Crippen LogP contribution in [0.5, 0.6) is 0 Å².